The fraction of sp³-hybridized carbons (Fsp3) is 1.00. The van der Waals surface area contributed by atoms with Crippen molar-refractivity contribution in [3.05, 3.63) is 0 Å². The predicted octanol–water partition coefficient (Wildman–Crippen LogP) is -1.98. The SMILES string of the molecule is B.F.NCCOP(=O)(O)O. The van der Waals surface area contributed by atoms with E-state index in [0.29, 0.717) is 0 Å². The van der Waals surface area contributed by atoms with Gasteiger partial charge in [-0.05, 0) is 0 Å². The van der Waals surface area contributed by atoms with Crippen LogP contribution in [0.4, 0.5) is 4.70 Å². The Hall–Kier alpha value is 0.0649. The zero-order chi connectivity index (χ0) is 6.62. The molecule has 0 aliphatic heterocycles. The van der Waals surface area contributed by atoms with Gasteiger partial charge >= 0.3 is 7.82 Å². The molecule has 0 aromatic carbocycles. The van der Waals surface area contributed by atoms with Crippen molar-refractivity contribution in [2.24, 2.45) is 5.73 Å². The van der Waals surface area contributed by atoms with E-state index in [1.807, 2.05) is 0 Å². The van der Waals surface area contributed by atoms with Gasteiger partial charge in [0.15, 0.2) is 0 Å². The third-order valence-electron chi connectivity index (χ3n) is 0.377. The van der Waals surface area contributed by atoms with Gasteiger partial charge in [-0.3, -0.25) is 9.23 Å². The minimum Gasteiger partial charge on any atom is -0.328 e. The Labute approximate surface area is 59.7 Å². The second kappa shape index (κ2) is 7.18. The molecule has 0 aromatic heterocycles. The number of nitrogens with two attached hydrogens (primary N) is 1. The molecule has 0 saturated carbocycles. The molecule has 0 aliphatic carbocycles. The average molecular weight is 175 g/mol. The fourth-order valence-corrected chi connectivity index (χ4v) is 0.515. The Balaban J connectivity index is -0.000000245. The predicted molar refractivity (Wildman–Crippen MR) is 39.5 cm³/mol. The van der Waals surface area contributed by atoms with Gasteiger partial charge in [-0.25, -0.2) is 4.57 Å². The molecule has 4 N–H and O–H groups in total. The van der Waals surface area contributed by atoms with Crippen LogP contribution in [0, 0.1) is 0 Å². The molecule has 0 unspecified atom stereocenters. The molecule has 0 heterocycles. The van der Waals surface area contributed by atoms with Crippen molar-refractivity contribution in [1.29, 1.82) is 0 Å². The molecule has 5 nitrogen and oxygen atoms in total. The summed E-state index contributed by atoms with van der Waals surface area (Å²) in [4.78, 5) is 16.0. The van der Waals surface area contributed by atoms with Gasteiger partial charge < -0.3 is 15.5 Å². The van der Waals surface area contributed by atoms with E-state index in [1.165, 1.54) is 0 Å². The number of rotatable bonds is 3. The van der Waals surface area contributed by atoms with E-state index < -0.39 is 7.82 Å². The molecule has 0 aliphatic rings. The lowest BCUT2D eigenvalue weighted by Crippen LogP contribution is -2.06. The van der Waals surface area contributed by atoms with Crippen molar-refractivity contribution >= 4 is 16.2 Å². The summed E-state index contributed by atoms with van der Waals surface area (Å²) in [6, 6.07) is 0. The van der Waals surface area contributed by atoms with E-state index in [2.05, 4.69) is 4.52 Å². The molecule has 64 valence electrons. The number of phosphoric acid groups is 1. The Morgan fingerprint density at radius 3 is 2.00 bits per heavy atom. The lowest BCUT2D eigenvalue weighted by atomic mass is 10.8. The van der Waals surface area contributed by atoms with Crippen molar-refractivity contribution in [3.8, 4) is 0 Å². The summed E-state index contributed by atoms with van der Waals surface area (Å²) < 4.78 is 13.7. The van der Waals surface area contributed by atoms with Crippen LogP contribution < -0.4 is 5.73 Å². The highest BCUT2D eigenvalue weighted by Crippen LogP contribution is 2.34. The highest BCUT2D eigenvalue weighted by Gasteiger charge is 2.11. The van der Waals surface area contributed by atoms with Gasteiger partial charge in [0.2, 0.25) is 0 Å². The van der Waals surface area contributed by atoms with E-state index in [4.69, 9.17) is 15.5 Å². The molecule has 0 aromatic rings. The number of halogens is 1. The first kappa shape index (κ1) is 16.6. The van der Waals surface area contributed by atoms with Crippen molar-refractivity contribution in [3.63, 3.8) is 0 Å². The summed E-state index contributed by atoms with van der Waals surface area (Å²) in [5.41, 5.74) is 4.87. The third kappa shape index (κ3) is 15.7. The van der Waals surface area contributed by atoms with E-state index in [-0.39, 0.29) is 26.3 Å². The van der Waals surface area contributed by atoms with Gasteiger partial charge in [0.05, 0.1) is 15.0 Å². The van der Waals surface area contributed by atoms with Gasteiger partial charge in [0.1, 0.15) is 0 Å². The van der Waals surface area contributed by atoms with Crippen LogP contribution in [0.2, 0.25) is 0 Å². The average Bonchev–Trinajstić information content (AvgIpc) is 1.59. The van der Waals surface area contributed by atoms with Gasteiger partial charge in [-0.2, -0.15) is 0 Å². The van der Waals surface area contributed by atoms with Gasteiger partial charge in [0.25, 0.3) is 0 Å². The number of hydrogen-bond donors (Lipinski definition) is 3. The molecule has 8 heteroatoms. The van der Waals surface area contributed by atoms with E-state index in [9.17, 15) is 4.57 Å². The number of hydrogen-bond acceptors (Lipinski definition) is 3. The minimum absolute atomic E-state index is 0. The molecule has 0 amide bonds. The first-order valence-corrected chi connectivity index (χ1v) is 3.49. The Morgan fingerprint density at radius 1 is 1.50 bits per heavy atom. The normalized spacial score (nSPS) is 9.50. The van der Waals surface area contributed by atoms with Gasteiger partial charge in [-0.15, -0.1) is 0 Å². The summed E-state index contributed by atoms with van der Waals surface area (Å²) in [5.74, 6) is 0. The van der Waals surface area contributed by atoms with Crippen LogP contribution in [-0.4, -0.2) is 31.4 Å². The second-order valence-electron chi connectivity index (χ2n) is 1.11. The van der Waals surface area contributed by atoms with E-state index in [1.54, 1.807) is 0 Å². The summed E-state index contributed by atoms with van der Waals surface area (Å²) in [6.45, 7) is 0.00931. The highest BCUT2D eigenvalue weighted by molar-refractivity contribution is 7.46. The summed E-state index contributed by atoms with van der Waals surface area (Å²) in [6.07, 6.45) is 0. The van der Waals surface area contributed by atoms with Crippen LogP contribution >= 0.6 is 7.82 Å². The van der Waals surface area contributed by atoms with Crippen molar-refractivity contribution in [1.82, 2.24) is 0 Å². The van der Waals surface area contributed by atoms with Crippen LogP contribution in [0.5, 0.6) is 0 Å². The summed E-state index contributed by atoms with van der Waals surface area (Å²) in [7, 11) is -4.26. The summed E-state index contributed by atoms with van der Waals surface area (Å²) >= 11 is 0. The molecular weight excluding hydrogens is 163 g/mol. The lowest BCUT2D eigenvalue weighted by molar-refractivity contribution is 0.202. The van der Waals surface area contributed by atoms with E-state index in [0.717, 1.165) is 0 Å². The fourth-order valence-electron chi connectivity index (χ4n) is 0.172. The van der Waals surface area contributed by atoms with Gasteiger partial charge in [0, 0.05) is 6.54 Å². The van der Waals surface area contributed by atoms with Gasteiger partial charge in [-0.1, -0.05) is 0 Å². The molecule has 0 atom stereocenters. The van der Waals surface area contributed by atoms with Crippen LogP contribution in [0.1, 0.15) is 0 Å². The number of phosphoric ester groups is 1. The molecule has 10 heavy (non-hydrogen) atoms. The van der Waals surface area contributed by atoms with Crippen molar-refractivity contribution < 1.29 is 23.6 Å². The second-order valence-corrected chi connectivity index (χ2v) is 2.35. The van der Waals surface area contributed by atoms with Crippen molar-refractivity contribution in [2.75, 3.05) is 13.2 Å². The Bertz CT molecular complexity index is 107. The molecule has 0 rings (SSSR count). The zero-order valence-corrected chi connectivity index (χ0v) is 5.45. The Morgan fingerprint density at radius 2 is 1.90 bits per heavy atom. The monoisotopic (exact) mass is 175 g/mol. The quantitative estimate of drug-likeness (QED) is 0.341. The molecular formula is C2H12BFNO4P. The van der Waals surface area contributed by atoms with Crippen LogP contribution in [-0.2, 0) is 9.09 Å². The summed E-state index contributed by atoms with van der Waals surface area (Å²) in [5, 5.41) is 0. The minimum atomic E-state index is -4.26. The highest BCUT2D eigenvalue weighted by atomic mass is 31.2. The molecule has 0 bridgehead atoms. The molecule has 0 saturated heterocycles. The lowest BCUT2D eigenvalue weighted by Gasteiger charge is -2.00. The molecule has 0 spiro atoms. The first-order chi connectivity index (χ1) is 3.56. The maximum atomic E-state index is 9.81. The molecule has 0 fully saturated rings. The third-order valence-corrected chi connectivity index (χ3v) is 0.896. The van der Waals surface area contributed by atoms with Crippen LogP contribution in [0.25, 0.3) is 0 Å². The standard InChI is InChI=1S/C2H8NO4P.BH3.FH/c3-1-2-7-8(4,5)6;;/h1-3H2,(H2,4,5,6);1H3;1H. The van der Waals surface area contributed by atoms with Crippen LogP contribution in [0.15, 0.2) is 0 Å². The Kier molecular flexibility index (Phi) is 11.9. The maximum absolute atomic E-state index is 9.81. The zero-order valence-electron chi connectivity index (χ0n) is 4.56. The van der Waals surface area contributed by atoms with Crippen molar-refractivity contribution in [2.45, 2.75) is 0 Å². The maximum Gasteiger partial charge on any atom is 0.469 e. The molecule has 0 radical (unpaired) electrons. The smallest absolute Gasteiger partial charge is 0.328 e. The van der Waals surface area contributed by atoms with E-state index >= 15 is 0 Å². The largest absolute Gasteiger partial charge is 0.469 e. The first-order valence-electron chi connectivity index (χ1n) is 1.96. The topological polar surface area (TPSA) is 92.8 Å². The van der Waals surface area contributed by atoms with Crippen LogP contribution in [0.3, 0.4) is 0 Å².